The number of aryl methyl sites for hydroxylation is 2. The summed E-state index contributed by atoms with van der Waals surface area (Å²) in [7, 11) is 0. The summed E-state index contributed by atoms with van der Waals surface area (Å²) in [5.74, 6) is -11.4. The fraction of sp³-hybridized carbons (Fsp3) is 0.103. The average molecular weight is 536 g/mol. The molecule has 0 aliphatic rings. The second-order valence-electron chi connectivity index (χ2n) is 8.54. The van der Waals surface area contributed by atoms with Gasteiger partial charge in [-0.25, -0.2) is 39.5 Å². The number of hydrogen-bond donors (Lipinski definition) is 0. The highest BCUT2D eigenvalue weighted by Gasteiger charge is 2.20. The smallest absolute Gasteiger partial charge is 0.194 e. The van der Waals surface area contributed by atoms with E-state index in [0.29, 0.717) is 17.7 Å². The maximum absolute atomic E-state index is 14.9. The monoisotopic (exact) mass is 536 g/mol. The molecular formula is C29H17F9. The van der Waals surface area contributed by atoms with Gasteiger partial charge in [-0.3, -0.25) is 0 Å². The second-order valence-corrected chi connectivity index (χ2v) is 8.54. The molecule has 0 atom stereocenters. The molecule has 0 bridgehead atoms. The van der Waals surface area contributed by atoms with Gasteiger partial charge in [0.2, 0.25) is 0 Å². The maximum Gasteiger partial charge on any atom is 0.194 e. The van der Waals surface area contributed by atoms with Crippen LogP contribution < -0.4 is 0 Å². The van der Waals surface area contributed by atoms with Crippen molar-refractivity contribution in [1.82, 2.24) is 0 Å². The van der Waals surface area contributed by atoms with Gasteiger partial charge < -0.3 is 0 Å². The van der Waals surface area contributed by atoms with E-state index >= 15 is 0 Å². The van der Waals surface area contributed by atoms with Gasteiger partial charge >= 0.3 is 0 Å². The van der Waals surface area contributed by atoms with E-state index in [0.717, 1.165) is 31.2 Å². The van der Waals surface area contributed by atoms with Crippen LogP contribution in [0.5, 0.6) is 0 Å². The summed E-state index contributed by atoms with van der Waals surface area (Å²) in [6, 6.07) is 9.66. The number of allylic oxidation sites excluding steroid dienone is 1. The summed E-state index contributed by atoms with van der Waals surface area (Å²) in [5, 5.41) is 0. The van der Waals surface area contributed by atoms with Crippen LogP contribution in [0.3, 0.4) is 0 Å². The molecule has 9 heteroatoms. The highest BCUT2D eigenvalue weighted by Crippen LogP contribution is 2.34. The molecule has 38 heavy (non-hydrogen) atoms. The zero-order chi connectivity index (χ0) is 27.7. The summed E-state index contributed by atoms with van der Waals surface area (Å²) < 4.78 is 126. The Labute approximate surface area is 211 Å². The van der Waals surface area contributed by atoms with Crippen molar-refractivity contribution in [2.75, 3.05) is 0 Å². The second kappa shape index (κ2) is 10.8. The Bertz CT molecular complexity index is 1520. The van der Waals surface area contributed by atoms with Crippen LogP contribution in [0.25, 0.3) is 28.1 Å². The predicted octanol–water partition coefficient (Wildman–Crippen LogP) is 9.41. The van der Waals surface area contributed by atoms with Crippen molar-refractivity contribution in [3.8, 4) is 22.3 Å². The molecule has 0 saturated carbocycles. The maximum atomic E-state index is 14.9. The number of halogens is 9. The molecular weight excluding hydrogens is 519 g/mol. The molecule has 0 aliphatic carbocycles. The molecule has 0 aromatic heterocycles. The standard InChI is InChI=1S/C29H17F9/c1-14(30)28(37)17-6-5-16(21(31)9-17)4-2-15-3-7-20(22(32)8-15)18-10-23(33)27(24(34)11-18)19-12-25(35)29(38)26(36)13-19/h3,5-13H,2,4H2,1H3. The van der Waals surface area contributed by atoms with E-state index in [1.807, 2.05) is 0 Å². The number of hydrogen-bond acceptors (Lipinski definition) is 0. The molecule has 0 amide bonds. The van der Waals surface area contributed by atoms with E-state index in [1.165, 1.54) is 24.3 Å². The van der Waals surface area contributed by atoms with Crippen molar-refractivity contribution in [2.45, 2.75) is 19.8 Å². The van der Waals surface area contributed by atoms with Gasteiger partial charge in [0.15, 0.2) is 23.3 Å². The zero-order valence-corrected chi connectivity index (χ0v) is 19.6. The van der Waals surface area contributed by atoms with Crippen molar-refractivity contribution in [2.24, 2.45) is 0 Å². The highest BCUT2D eigenvalue weighted by molar-refractivity contribution is 5.72. The Morgan fingerprint density at radius 3 is 1.74 bits per heavy atom. The minimum Gasteiger partial charge on any atom is -0.209 e. The first kappa shape index (κ1) is 27.0. The lowest BCUT2D eigenvalue weighted by atomic mass is 9.96. The number of benzene rings is 4. The third kappa shape index (κ3) is 5.46. The van der Waals surface area contributed by atoms with Crippen molar-refractivity contribution < 1.29 is 39.5 Å². The average Bonchev–Trinajstić information content (AvgIpc) is 2.85. The van der Waals surface area contributed by atoms with Crippen LogP contribution in [-0.4, -0.2) is 0 Å². The third-order valence-electron chi connectivity index (χ3n) is 5.95. The lowest BCUT2D eigenvalue weighted by Gasteiger charge is -2.11. The van der Waals surface area contributed by atoms with Crippen LogP contribution in [0.1, 0.15) is 23.6 Å². The highest BCUT2D eigenvalue weighted by atomic mass is 19.2. The van der Waals surface area contributed by atoms with E-state index in [4.69, 9.17) is 0 Å². The van der Waals surface area contributed by atoms with Crippen LogP contribution in [0, 0.1) is 40.7 Å². The zero-order valence-electron chi connectivity index (χ0n) is 19.6. The summed E-state index contributed by atoms with van der Waals surface area (Å²) in [5.41, 5.74) is -1.39. The van der Waals surface area contributed by atoms with Crippen LogP contribution in [0.2, 0.25) is 0 Å². The summed E-state index contributed by atoms with van der Waals surface area (Å²) >= 11 is 0. The minimum absolute atomic E-state index is 0.105. The van der Waals surface area contributed by atoms with Crippen molar-refractivity contribution >= 4 is 5.83 Å². The molecule has 196 valence electrons. The molecule has 0 nitrogen and oxygen atoms in total. The molecule has 0 saturated heterocycles. The van der Waals surface area contributed by atoms with Gasteiger partial charge in [-0.15, -0.1) is 0 Å². The molecule has 4 aromatic rings. The normalized spacial score (nSPS) is 12.1. The van der Waals surface area contributed by atoms with E-state index in [2.05, 4.69) is 0 Å². The SMILES string of the molecule is CC(F)=C(F)c1ccc(CCc2ccc(-c3cc(F)c(-c4cc(F)c(F)c(F)c4)c(F)c3)c(F)c2)c(F)c1. The summed E-state index contributed by atoms with van der Waals surface area (Å²) in [4.78, 5) is 0. The first-order valence-electron chi connectivity index (χ1n) is 11.2. The molecule has 0 aliphatic heterocycles. The Hall–Kier alpha value is -4.01. The van der Waals surface area contributed by atoms with Gasteiger partial charge in [0.25, 0.3) is 0 Å². The quantitative estimate of drug-likeness (QED) is 0.170. The van der Waals surface area contributed by atoms with E-state index < -0.39 is 63.5 Å². The van der Waals surface area contributed by atoms with Gasteiger partial charge in [-0.05, 0) is 78.4 Å². The molecule has 0 fully saturated rings. The van der Waals surface area contributed by atoms with E-state index in [9.17, 15) is 39.5 Å². The van der Waals surface area contributed by atoms with Crippen LogP contribution >= 0.6 is 0 Å². The summed E-state index contributed by atoms with van der Waals surface area (Å²) in [6.07, 6.45) is 0.269. The lowest BCUT2D eigenvalue weighted by molar-refractivity contribution is 0.447. The van der Waals surface area contributed by atoms with Gasteiger partial charge in [0.1, 0.15) is 29.1 Å². The minimum atomic E-state index is -1.79. The molecule has 0 spiro atoms. The van der Waals surface area contributed by atoms with Gasteiger partial charge in [-0.2, -0.15) is 0 Å². The fourth-order valence-corrected chi connectivity index (χ4v) is 4.02. The van der Waals surface area contributed by atoms with Crippen LogP contribution in [0.4, 0.5) is 39.5 Å². The van der Waals surface area contributed by atoms with E-state index in [1.54, 1.807) is 0 Å². The fourth-order valence-electron chi connectivity index (χ4n) is 4.02. The Kier molecular flexibility index (Phi) is 7.66. The molecule has 4 aromatic carbocycles. The van der Waals surface area contributed by atoms with Gasteiger partial charge in [0.05, 0.1) is 5.56 Å². The third-order valence-corrected chi connectivity index (χ3v) is 5.95. The first-order chi connectivity index (χ1) is 18.0. The largest absolute Gasteiger partial charge is 0.209 e. The molecule has 0 unspecified atom stereocenters. The van der Waals surface area contributed by atoms with Crippen LogP contribution in [0.15, 0.2) is 66.5 Å². The van der Waals surface area contributed by atoms with Gasteiger partial charge in [0, 0.05) is 11.1 Å². The van der Waals surface area contributed by atoms with Crippen molar-refractivity contribution in [3.05, 3.63) is 124 Å². The number of rotatable bonds is 6. The first-order valence-corrected chi connectivity index (χ1v) is 11.2. The predicted molar refractivity (Wildman–Crippen MR) is 126 cm³/mol. The Balaban J connectivity index is 1.56. The molecule has 0 heterocycles. The van der Waals surface area contributed by atoms with E-state index in [-0.39, 0.29) is 35.1 Å². The lowest BCUT2D eigenvalue weighted by Crippen LogP contribution is -1.99. The molecule has 4 rings (SSSR count). The Morgan fingerprint density at radius 2 is 1.18 bits per heavy atom. The topological polar surface area (TPSA) is 0 Å². The molecule has 0 radical (unpaired) electrons. The summed E-state index contributed by atoms with van der Waals surface area (Å²) in [6.45, 7) is 0.907. The van der Waals surface area contributed by atoms with Crippen molar-refractivity contribution in [3.63, 3.8) is 0 Å². The van der Waals surface area contributed by atoms with Gasteiger partial charge in [-0.1, -0.05) is 24.3 Å². The Morgan fingerprint density at radius 1 is 0.579 bits per heavy atom. The van der Waals surface area contributed by atoms with Crippen LogP contribution in [-0.2, 0) is 12.8 Å². The molecule has 0 N–H and O–H groups in total. The van der Waals surface area contributed by atoms with Crippen molar-refractivity contribution in [1.29, 1.82) is 0 Å².